The Labute approximate surface area is 206 Å². The van der Waals surface area contributed by atoms with E-state index in [0.717, 1.165) is 11.8 Å². The molecule has 12 nitrogen and oxygen atoms in total. The molecule has 0 aromatic heterocycles. The van der Waals surface area contributed by atoms with Gasteiger partial charge in [-0.25, -0.2) is 4.79 Å². The third-order valence-corrected chi connectivity index (χ3v) is 6.02. The van der Waals surface area contributed by atoms with Gasteiger partial charge in [0, 0.05) is 17.9 Å². The molecule has 1 aromatic rings. The van der Waals surface area contributed by atoms with Crippen LogP contribution in [0.4, 0.5) is 0 Å². The predicted octanol–water partition coefficient (Wildman–Crippen LogP) is -0.428. The van der Waals surface area contributed by atoms with E-state index in [-0.39, 0.29) is 29.9 Å². The molecule has 2 aliphatic heterocycles. The number of phenolic OH excluding ortho intramolecular Hbond substituents is 1. The number of allylic oxidation sites excluding steroid dienone is 1. The average molecular weight is 510 g/mol. The molecule has 3 rings (SSSR count). The van der Waals surface area contributed by atoms with E-state index < -0.39 is 61.5 Å². The van der Waals surface area contributed by atoms with Crippen molar-refractivity contribution in [1.82, 2.24) is 0 Å². The molecule has 0 unspecified atom stereocenters. The lowest BCUT2D eigenvalue weighted by Crippen LogP contribution is -2.60. The van der Waals surface area contributed by atoms with Crippen LogP contribution in [0.5, 0.6) is 5.75 Å². The summed E-state index contributed by atoms with van der Waals surface area (Å²) in [6.07, 6.45) is -6.52. The number of rotatable bonds is 9. The quantitative estimate of drug-likeness (QED) is 0.186. The van der Waals surface area contributed by atoms with Gasteiger partial charge in [0.15, 0.2) is 6.29 Å². The minimum Gasteiger partial charge on any atom is -0.508 e. The van der Waals surface area contributed by atoms with E-state index in [1.54, 1.807) is 19.1 Å². The standard InChI is InChI=1S/C24H30O12/c1-2-14-15(9-18(27)33-8-7-12-3-5-13(26)6-4-12)16(22(31)32)11-34-23(14)36-24-21(30)20(29)19(28)17(10-25)35-24/h2-6,11,15,17,19-21,23-26,28-30H,7-10H2,1H3,(H,31,32)/b14-2-/t15-,17+,19+,20-,21+,23-,24-/m0/s1. The van der Waals surface area contributed by atoms with E-state index in [1.165, 1.54) is 18.2 Å². The first-order chi connectivity index (χ1) is 17.2. The van der Waals surface area contributed by atoms with E-state index in [2.05, 4.69) is 0 Å². The van der Waals surface area contributed by atoms with E-state index in [9.17, 15) is 40.2 Å². The molecule has 0 amide bonds. The number of aliphatic carboxylic acids is 1. The molecule has 7 atom stereocenters. The van der Waals surface area contributed by atoms with Gasteiger partial charge in [-0.05, 0) is 24.6 Å². The number of carboxylic acids is 1. The summed E-state index contributed by atoms with van der Waals surface area (Å²) >= 11 is 0. The second kappa shape index (κ2) is 12.3. The fraction of sp³-hybridized carbons (Fsp3) is 0.500. The monoisotopic (exact) mass is 510 g/mol. The number of aliphatic hydroxyl groups excluding tert-OH is 4. The highest BCUT2D eigenvalue weighted by molar-refractivity contribution is 5.89. The van der Waals surface area contributed by atoms with Crippen molar-refractivity contribution in [3.05, 3.63) is 53.3 Å². The SMILES string of the molecule is C/C=C1\[C@H](O[C@@H]2O[C@H](CO)[C@@H](O)[C@H](O)[C@H]2O)OC=C(C(=O)O)[C@H]1CC(=O)OCCc1ccc(O)cc1. The van der Waals surface area contributed by atoms with Crippen molar-refractivity contribution in [2.45, 2.75) is 56.8 Å². The van der Waals surface area contributed by atoms with Crippen molar-refractivity contribution in [2.24, 2.45) is 5.92 Å². The molecule has 12 heteroatoms. The van der Waals surface area contributed by atoms with Crippen molar-refractivity contribution >= 4 is 11.9 Å². The Bertz CT molecular complexity index is 970. The van der Waals surface area contributed by atoms with Crippen LogP contribution in [0.2, 0.25) is 0 Å². The highest BCUT2D eigenvalue weighted by Gasteiger charge is 2.46. The summed E-state index contributed by atoms with van der Waals surface area (Å²) in [5.74, 6) is -2.86. The van der Waals surface area contributed by atoms with E-state index in [4.69, 9.17) is 18.9 Å². The second-order valence-corrected chi connectivity index (χ2v) is 8.36. The Morgan fingerprint density at radius 3 is 2.39 bits per heavy atom. The number of esters is 1. The molecule has 198 valence electrons. The zero-order chi connectivity index (χ0) is 26.4. The predicted molar refractivity (Wildman–Crippen MR) is 120 cm³/mol. The largest absolute Gasteiger partial charge is 0.508 e. The van der Waals surface area contributed by atoms with Gasteiger partial charge in [-0.15, -0.1) is 0 Å². The smallest absolute Gasteiger partial charge is 0.335 e. The van der Waals surface area contributed by atoms with Crippen LogP contribution >= 0.6 is 0 Å². The van der Waals surface area contributed by atoms with Crippen LogP contribution in [0, 0.1) is 5.92 Å². The Morgan fingerprint density at radius 1 is 1.08 bits per heavy atom. The van der Waals surface area contributed by atoms with Crippen LogP contribution < -0.4 is 0 Å². The molecule has 2 aliphatic rings. The number of benzene rings is 1. The third kappa shape index (κ3) is 6.40. The molecule has 2 heterocycles. The lowest BCUT2D eigenvalue weighted by Gasteiger charge is -2.41. The lowest BCUT2D eigenvalue weighted by molar-refractivity contribution is -0.327. The van der Waals surface area contributed by atoms with Gasteiger partial charge >= 0.3 is 11.9 Å². The molecule has 0 spiro atoms. The van der Waals surface area contributed by atoms with Crippen molar-refractivity contribution < 1.29 is 59.2 Å². The van der Waals surface area contributed by atoms with E-state index >= 15 is 0 Å². The first-order valence-corrected chi connectivity index (χ1v) is 11.3. The Kier molecular flexibility index (Phi) is 9.43. The summed E-state index contributed by atoms with van der Waals surface area (Å²) in [5, 5.41) is 58.5. The maximum atomic E-state index is 12.6. The Balaban J connectivity index is 1.68. The zero-order valence-electron chi connectivity index (χ0n) is 19.5. The van der Waals surface area contributed by atoms with Crippen molar-refractivity contribution in [2.75, 3.05) is 13.2 Å². The summed E-state index contributed by atoms with van der Waals surface area (Å²) in [6, 6.07) is 6.39. The zero-order valence-corrected chi connectivity index (χ0v) is 19.5. The van der Waals surface area contributed by atoms with Crippen molar-refractivity contribution in [3.63, 3.8) is 0 Å². The maximum Gasteiger partial charge on any atom is 0.335 e. The first kappa shape index (κ1) is 27.6. The van der Waals surface area contributed by atoms with Gasteiger partial charge in [0.2, 0.25) is 6.29 Å². The van der Waals surface area contributed by atoms with Crippen LogP contribution in [-0.2, 0) is 35.0 Å². The topological polar surface area (TPSA) is 192 Å². The number of hydrogen-bond acceptors (Lipinski definition) is 11. The van der Waals surface area contributed by atoms with Crippen LogP contribution in [-0.4, -0.2) is 92.8 Å². The molecule has 1 saturated heterocycles. The number of hydrogen-bond donors (Lipinski definition) is 6. The average Bonchev–Trinajstić information content (AvgIpc) is 2.85. The van der Waals surface area contributed by atoms with Gasteiger partial charge in [0.05, 0.1) is 31.5 Å². The molecule has 0 radical (unpaired) electrons. The first-order valence-electron chi connectivity index (χ1n) is 11.3. The number of ether oxygens (including phenoxy) is 4. The third-order valence-electron chi connectivity index (χ3n) is 6.02. The molecule has 0 bridgehead atoms. The summed E-state index contributed by atoms with van der Waals surface area (Å²) < 4.78 is 21.6. The summed E-state index contributed by atoms with van der Waals surface area (Å²) in [5.41, 5.74) is 0.856. The number of aliphatic hydroxyl groups is 4. The van der Waals surface area contributed by atoms with Crippen LogP contribution in [0.3, 0.4) is 0 Å². The minimum atomic E-state index is -1.70. The summed E-state index contributed by atoms with van der Waals surface area (Å²) in [4.78, 5) is 24.4. The number of carboxylic acid groups (broad SMARTS) is 1. The van der Waals surface area contributed by atoms with Crippen LogP contribution in [0.1, 0.15) is 18.9 Å². The summed E-state index contributed by atoms with van der Waals surface area (Å²) in [7, 11) is 0. The minimum absolute atomic E-state index is 0.0366. The Hall–Kier alpha value is -3.00. The van der Waals surface area contributed by atoms with Crippen molar-refractivity contribution in [1.29, 1.82) is 0 Å². The molecule has 36 heavy (non-hydrogen) atoms. The van der Waals surface area contributed by atoms with Gasteiger partial charge in [0.25, 0.3) is 0 Å². The fourth-order valence-electron chi connectivity index (χ4n) is 3.99. The molecule has 0 aliphatic carbocycles. The molecule has 1 fully saturated rings. The highest BCUT2D eigenvalue weighted by Crippen LogP contribution is 2.35. The highest BCUT2D eigenvalue weighted by atomic mass is 16.8. The number of carbonyl (C=O) groups is 2. The second-order valence-electron chi connectivity index (χ2n) is 8.36. The van der Waals surface area contributed by atoms with Crippen molar-refractivity contribution in [3.8, 4) is 5.75 Å². The van der Waals surface area contributed by atoms with Crippen LogP contribution in [0.25, 0.3) is 0 Å². The van der Waals surface area contributed by atoms with Gasteiger partial charge < -0.3 is 49.6 Å². The fourth-order valence-corrected chi connectivity index (χ4v) is 3.99. The van der Waals surface area contributed by atoms with E-state index in [1.807, 2.05) is 0 Å². The molecular formula is C24H30O12. The van der Waals surface area contributed by atoms with E-state index in [0.29, 0.717) is 6.42 Å². The molecular weight excluding hydrogens is 480 g/mol. The number of phenols is 1. The van der Waals surface area contributed by atoms with Gasteiger partial charge in [-0.2, -0.15) is 0 Å². The Morgan fingerprint density at radius 2 is 1.78 bits per heavy atom. The molecule has 6 N–H and O–H groups in total. The van der Waals surface area contributed by atoms with Gasteiger partial charge in [-0.3, -0.25) is 4.79 Å². The van der Waals surface area contributed by atoms with Gasteiger partial charge in [-0.1, -0.05) is 18.2 Å². The summed E-state index contributed by atoms with van der Waals surface area (Å²) in [6.45, 7) is 0.958. The van der Waals surface area contributed by atoms with Crippen LogP contribution in [0.15, 0.2) is 47.7 Å². The lowest BCUT2D eigenvalue weighted by atomic mass is 9.86. The molecule has 1 aromatic carbocycles. The molecule has 0 saturated carbocycles. The maximum absolute atomic E-state index is 12.6. The number of aromatic hydroxyl groups is 1. The normalized spacial score (nSPS) is 31.4. The number of carbonyl (C=O) groups excluding carboxylic acids is 1. The van der Waals surface area contributed by atoms with Gasteiger partial charge in [0.1, 0.15) is 30.2 Å².